The van der Waals surface area contributed by atoms with E-state index in [1.54, 1.807) is 5.56 Å². The van der Waals surface area contributed by atoms with Gasteiger partial charge in [0.05, 0.1) is 0 Å². The van der Waals surface area contributed by atoms with E-state index in [1.807, 2.05) is 6.92 Å². The number of benzene rings is 1. The summed E-state index contributed by atoms with van der Waals surface area (Å²) in [5.41, 5.74) is 7.95. The van der Waals surface area contributed by atoms with E-state index in [4.69, 9.17) is 5.73 Å². The van der Waals surface area contributed by atoms with Crippen LogP contribution in [0.1, 0.15) is 37.8 Å². The van der Waals surface area contributed by atoms with Crippen LogP contribution in [0.5, 0.6) is 0 Å². The highest BCUT2D eigenvalue weighted by Gasteiger charge is 2.38. The van der Waals surface area contributed by atoms with Crippen molar-refractivity contribution in [1.29, 1.82) is 0 Å². The summed E-state index contributed by atoms with van der Waals surface area (Å²) in [6.45, 7) is 7.36. The molecule has 1 saturated carbocycles. The first kappa shape index (κ1) is 14.9. The molecule has 0 unspecified atom stereocenters. The van der Waals surface area contributed by atoms with Gasteiger partial charge in [-0.2, -0.15) is 0 Å². The van der Waals surface area contributed by atoms with E-state index < -0.39 is 0 Å². The second-order valence-corrected chi connectivity index (χ2v) is 7.54. The van der Waals surface area contributed by atoms with Gasteiger partial charge in [0.1, 0.15) is 0 Å². The van der Waals surface area contributed by atoms with E-state index in [9.17, 15) is 0 Å². The zero-order valence-corrected chi connectivity index (χ0v) is 13.2. The molecule has 106 valence electrons. The van der Waals surface area contributed by atoms with Crippen molar-refractivity contribution in [1.82, 2.24) is 4.90 Å². The standard InChI is InChI=1S/C14H19NS.C2H7N/c1-14(6-7-14)16-13-4-3-12-10-15(2)8-5-11(12)9-13;1-2-3/h3-4,9H,5-8,10H2,1-2H3;2-3H2,1H3. The first-order valence-corrected chi connectivity index (χ1v) is 8.07. The summed E-state index contributed by atoms with van der Waals surface area (Å²) in [6.07, 6.45) is 3.99. The van der Waals surface area contributed by atoms with Gasteiger partial charge in [0.15, 0.2) is 0 Å². The molecule has 0 saturated heterocycles. The third-order valence-corrected chi connectivity index (χ3v) is 5.09. The monoisotopic (exact) mass is 278 g/mol. The minimum Gasteiger partial charge on any atom is -0.331 e. The molecule has 1 aliphatic heterocycles. The van der Waals surface area contributed by atoms with Gasteiger partial charge in [-0.15, -0.1) is 11.8 Å². The lowest BCUT2D eigenvalue weighted by atomic mass is 10.0. The molecule has 1 aromatic rings. The van der Waals surface area contributed by atoms with E-state index >= 15 is 0 Å². The number of likely N-dealkylation sites (N-methyl/N-ethyl adjacent to an activating group) is 1. The molecule has 1 heterocycles. The Hall–Kier alpha value is -0.510. The number of rotatable bonds is 2. The highest BCUT2D eigenvalue weighted by atomic mass is 32.2. The summed E-state index contributed by atoms with van der Waals surface area (Å²) in [6, 6.07) is 7.07. The zero-order valence-electron chi connectivity index (χ0n) is 12.4. The molecular formula is C16H26N2S. The first-order valence-electron chi connectivity index (χ1n) is 7.26. The highest BCUT2D eigenvalue weighted by molar-refractivity contribution is 8.01. The van der Waals surface area contributed by atoms with E-state index in [0.29, 0.717) is 4.75 Å². The molecule has 0 radical (unpaired) electrons. The molecular weight excluding hydrogens is 252 g/mol. The molecule has 0 aromatic heterocycles. The van der Waals surface area contributed by atoms with Gasteiger partial charge < -0.3 is 10.6 Å². The van der Waals surface area contributed by atoms with Gasteiger partial charge in [-0.1, -0.05) is 19.9 Å². The molecule has 2 aliphatic rings. The number of nitrogens with zero attached hydrogens (tertiary/aromatic N) is 1. The SMILES string of the molecule is CCN.CN1CCc2cc(SC3(C)CC3)ccc2C1. The molecule has 0 amide bonds. The summed E-state index contributed by atoms with van der Waals surface area (Å²) < 4.78 is 0.555. The van der Waals surface area contributed by atoms with Gasteiger partial charge >= 0.3 is 0 Å². The maximum Gasteiger partial charge on any atom is 0.0233 e. The van der Waals surface area contributed by atoms with E-state index in [-0.39, 0.29) is 0 Å². The summed E-state index contributed by atoms with van der Waals surface area (Å²) in [7, 11) is 2.21. The van der Waals surface area contributed by atoms with Crippen molar-refractivity contribution in [3.05, 3.63) is 29.3 Å². The van der Waals surface area contributed by atoms with Crippen molar-refractivity contribution in [3.8, 4) is 0 Å². The predicted octanol–water partition coefficient (Wildman–Crippen LogP) is 3.28. The normalized spacial score (nSPS) is 20.2. The largest absolute Gasteiger partial charge is 0.331 e. The Labute approximate surface area is 121 Å². The Morgan fingerprint density at radius 1 is 1.32 bits per heavy atom. The van der Waals surface area contributed by atoms with Crippen LogP contribution in [0.2, 0.25) is 0 Å². The van der Waals surface area contributed by atoms with Crippen LogP contribution >= 0.6 is 11.8 Å². The summed E-state index contributed by atoms with van der Waals surface area (Å²) in [5, 5.41) is 0. The Morgan fingerprint density at radius 2 is 2.00 bits per heavy atom. The molecule has 1 aromatic carbocycles. The van der Waals surface area contributed by atoms with Crippen molar-refractivity contribution >= 4 is 11.8 Å². The quantitative estimate of drug-likeness (QED) is 0.900. The summed E-state index contributed by atoms with van der Waals surface area (Å²) in [5.74, 6) is 0. The van der Waals surface area contributed by atoms with E-state index in [0.717, 1.165) is 13.1 Å². The summed E-state index contributed by atoms with van der Waals surface area (Å²) in [4.78, 5) is 3.88. The second kappa shape index (κ2) is 6.29. The minimum atomic E-state index is 0.555. The molecule has 3 rings (SSSR count). The number of hydrogen-bond acceptors (Lipinski definition) is 3. The average molecular weight is 278 g/mol. The van der Waals surface area contributed by atoms with Crippen molar-refractivity contribution in [3.63, 3.8) is 0 Å². The Morgan fingerprint density at radius 3 is 2.63 bits per heavy atom. The van der Waals surface area contributed by atoms with Crippen LogP contribution in [-0.2, 0) is 13.0 Å². The fourth-order valence-corrected chi connectivity index (χ4v) is 3.51. The average Bonchev–Trinajstić information content (AvgIpc) is 3.08. The topological polar surface area (TPSA) is 29.3 Å². The Balaban J connectivity index is 0.000000408. The van der Waals surface area contributed by atoms with E-state index in [1.165, 1.54) is 36.3 Å². The molecule has 1 aliphatic carbocycles. The fraction of sp³-hybridized carbons (Fsp3) is 0.625. The lowest BCUT2D eigenvalue weighted by Crippen LogP contribution is -2.26. The van der Waals surface area contributed by atoms with Gasteiger partial charge in [0.2, 0.25) is 0 Å². The number of nitrogens with two attached hydrogens (primary N) is 1. The number of fused-ring (bicyclic) bond motifs is 1. The van der Waals surface area contributed by atoms with Crippen molar-refractivity contribution in [2.45, 2.75) is 49.3 Å². The van der Waals surface area contributed by atoms with Gasteiger partial charge in [0.25, 0.3) is 0 Å². The molecule has 0 spiro atoms. The maximum absolute atomic E-state index is 4.85. The molecule has 0 bridgehead atoms. The molecule has 0 atom stereocenters. The minimum absolute atomic E-state index is 0.555. The molecule has 1 fully saturated rings. The third kappa shape index (κ3) is 4.23. The van der Waals surface area contributed by atoms with Crippen LogP contribution in [0.4, 0.5) is 0 Å². The fourth-order valence-electron chi connectivity index (χ4n) is 2.30. The second-order valence-electron chi connectivity index (χ2n) is 5.88. The van der Waals surface area contributed by atoms with Gasteiger partial charge in [-0.05, 0) is 56.1 Å². The Kier molecular flexibility index (Phi) is 4.93. The molecule has 3 heteroatoms. The molecule has 2 nitrogen and oxygen atoms in total. The number of thioether (sulfide) groups is 1. The lowest BCUT2D eigenvalue weighted by Gasteiger charge is -2.25. The Bertz CT molecular complexity index is 427. The van der Waals surface area contributed by atoms with Crippen molar-refractivity contribution in [2.75, 3.05) is 20.1 Å². The van der Waals surface area contributed by atoms with Crippen LogP contribution in [-0.4, -0.2) is 29.8 Å². The van der Waals surface area contributed by atoms with Crippen LogP contribution in [0.25, 0.3) is 0 Å². The van der Waals surface area contributed by atoms with Gasteiger partial charge in [-0.3, -0.25) is 0 Å². The van der Waals surface area contributed by atoms with E-state index in [2.05, 4.69) is 48.8 Å². The smallest absolute Gasteiger partial charge is 0.0233 e. The maximum atomic E-state index is 4.85. The third-order valence-electron chi connectivity index (χ3n) is 3.70. The van der Waals surface area contributed by atoms with Crippen LogP contribution in [0.3, 0.4) is 0 Å². The lowest BCUT2D eigenvalue weighted by molar-refractivity contribution is 0.312. The van der Waals surface area contributed by atoms with Crippen molar-refractivity contribution in [2.24, 2.45) is 5.73 Å². The van der Waals surface area contributed by atoms with Crippen LogP contribution < -0.4 is 5.73 Å². The highest BCUT2D eigenvalue weighted by Crippen LogP contribution is 2.51. The summed E-state index contributed by atoms with van der Waals surface area (Å²) >= 11 is 2.07. The van der Waals surface area contributed by atoms with Gasteiger partial charge in [-0.25, -0.2) is 0 Å². The zero-order chi connectivity index (χ0) is 13.9. The van der Waals surface area contributed by atoms with Gasteiger partial charge in [0, 0.05) is 22.7 Å². The van der Waals surface area contributed by atoms with Crippen molar-refractivity contribution < 1.29 is 0 Å². The van der Waals surface area contributed by atoms with Crippen LogP contribution in [0.15, 0.2) is 23.1 Å². The first-order chi connectivity index (χ1) is 9.06. The molecule has 19 heavy (non-hydrogen) atoms. The molecule has 2 N–H and O–H groups in total. The number of hydrogen-bond donors (Lipinski definition) is 1. The predicted molar refractivity (Wildman–Crippen MR) is 84.7 cm³/mol. The van der Waals surface area contributed by atoms with Crippen LogP contribution in [0, 0.1) is 0 Å².